The van der Waals surface area contributed by atoms with Gasteiger partial charge >= 0.3 is 0 Å². The van der Waals surface area contributed by atoms with Crippen LogP contribution in [0.25, 0.3) is 0 Å². The predicted octanol–water partition coefficient (Wildman–Crippen LogP) is 2.76. The van der Waals surface area contributed by atoms with E-state index in [1.54, 1.807) is 19.1 Å². The number of rotatable bonds is 1. The summed E-state index contributed by atoms with van der Waals surface area (Å²) in [5.74, 6) is -3.37. The first-order valence-electron chi connectivity index (χ1n) is 9.81. The fourth-order valence-electron chi connectivity index (χ4n) is 5.38. The maximum absolute atomic E-state index is 13.2. The van der Waals surface area contributed by atoms with E-state index in [9.17, 15) is 24.3 Å². The summed E-state index contributed by atoms with van der Waals surface area (Å²) in [6.07, 6.45) is 3.80. The molecule has 3 aliphatic carbocycles. The highest BCUT2D eigenvalue weighted by Crippen LogP contribution is 2.55. The number of phenols is 1. The smallest absolute Gasteiger partial charge is 0.231 e. The molecule has 4 aliphatic rings. The van der Waals surface area contributed by atoms with Crippen molar-refractivity contribution in [2.45, 2.75) is 25.7 Å². The van der Waals surface area contributed by atoms with Crippen LogP contribution in [0.5, 0.6) is 5.75 Å². The second kappa shape index (κ2) is 6.51. The summed E-state index contributed by atoms with van der Waals surface area (Å²) >= 11 is 6.19. The number of phenolic OH excluding ortho intramolecular Hbond substituents is 1. The molecule has 1 aromatic carbocycles. The third-order valence-corrected chi connectivity index (χ3v) is 6.94. The highest BCUT2D eigenvalue weighted by Gasteiger charge is 2.53. The number of hydrogen-bond acceptors (Lipinski definition) is 5. The maximum Gasteiger partial charge on any atom is 0.231 e. The first-order valence-corrected chi connectivity index (χ1v) is 10.2. The number of benzene rings is 1. The summed E-state index contributed by atoms with van der Waals surface area (Å²) in [5.41, 5.74) is 2.23. The number of ketones is 2. The normalized spacial score (nSPS) is 30.3. The number of imide groups is 1. The minimum atomic E-state index is -0.693. The van der Waals surface area contributed by atoms with Crippen molar-refractivity contribution in [2.24, 2.45) is 17.8 Å². The van der Waals surface area contributed by atoms with Gasteiger partial charge in [0.1, 0.15) is 5.75 Å². The Balaban J connectivity index is 1.75. The monoisotopic (exact) mass is 423 g/mol. The van der Waals surface area contributed by atoms with Crippen molar-refractivity contribution in [3.63, 3.8) is 0 Å². The zero-order chi connectivity index (χ0) is 21.3. The van der Waals surface area contributed by atoms with Gasteiger partial charge in [-0.3, -0.25) is 24.5 Å². The van der Waals surface area contributed by atoms with E-state index in [2.05, 4.69) is 5.32 Å². The number of hydrogen-bond donors (Lipinski definition) is 2. The second-order valence-corrected chi connectivity index (χ2v) is 8.72. The first-order chi connectivity index (χ1) is 14.3. The fraction of sp³-hybridized carbons (Fsp3) is 0.304. The van der Waals surface area contributed by atoms with Crippen molar-refractivity contribution in [1.82, 2.24) is 5.32 Å². The molecule has 1 aromatic rings. The summed E-state index contributed by atoms with van der Waals surface area (Å²) in [5, 5.41) is 13.4. The Hall–Kier alpha value is -2.99. The van der Waals surface area contributed by atoms with Crippen LogP contribution < -0.4 is 5.32 Å². The Morgan fingerprint density at radius 3 is 2.63 bits per heavy atom. The quantitative estimate of drug-likeness (QED) is 0.411. The molecule has 0 bridgehead atoms. The highest BCUT2D eigenvalue weighted by molar-refractivity contribution is 6.30. The molecule has 2 amide bonds. The van der Waals surface area contributed by atoms with Gasteiger partial charge in [0.2, 0.25) is 11.8 Å². The van der Waals surface area contributed by atoms with Gasteiger partial charge in [0.15, 0.2) is 11.6 Å². The van der Waals surface area contributed by atoms with Crippen LogP contribution in [0.1, 0.15) is 31.2 Å². The molecule has 1 aliphatic heterocycles. The molecule has 6 nitrogen and oxygen atoms in total. The molecule has 30 heavy (non-hydrogen) atoms. The number of Topliss-reactive ketones (excluding diaryl/α,β-unsaturated/α-hetero) is 1. The van der Waals surface area contributed by atoms with Crippen LogP contribution in [0.4, 0.5) is 0 Å². The average molecular weight is 424 g/mol. The summed E-state index contributed by atoms with van der Waals surface area (Å²) in [7, 11) is 0. The lowest BCUT2D eigenvalue weighted by Crippen LogP contribution is -2.39. The van der Waals surface area contributed by atoms with E-state index in [1.165, 1.54) is 12.1 Å². The number of allylic oxidation sites excluding steroid dienone is 6. The van der Waals surface area contributed by atoms with E-state index >= 15 is 0 Å². The minimum Gasteiger partial charge on any atom is -0.508 e. The Morgan fingerprint density at radius 1 is 1.10 bits per heavy atom. The zero-order valence-electron chi connectivity index (χ0n) is 16.1. The van der Waals surface area contributed by atoms with Crippen molar-refractivity contribution in [3.8, 4) is 5.75 Å². The van der Waals surface area contributed by atoms with Crippen LogP contribution in [-0.4, -0.2) is 28.5 Å². The van der Waals surface area contributed by atoms with Crippen LogP contribution in [0, 0.1) is 17.8 Å². The first kappa shape index (κ1) is 19.0. The Labute approximate surface area is 177 Å². The topological polar surface area (TPSA) is 101 Å². The van der Waals surface area contributed by atoms with Crippen molar-refractivity contribution in [3.05, 3.63) is 63.2 Å². The van der Waals surface area contributed by atoms with Gasteiger partial charge in [-0.1, -0.05) is 23.3 Å². The standard InChI is InChI=1S/C23H18ClNO5/c1-9-6-17(27)15-8-13-11(3-4-12-19(13)23(30)25-22(12)29)18(20(15)21(9)28)14-7-10(24)2-5-16(14)26/h2-3,5-7,12-13,18-19,26H,4,8H2,1H3,(H,25,29,30)/t12-,13+,18+,19-/m0/s1. The molecule has 4 atom stereocenters. The molecule has 0 radical (unpaired) electrons. The molecule has 152 valence electrons. The number of fused-ring (bicyclic) bond motifs is 3. The van der Waals surface area contributed by atoms with Crippen molar-refractivity contribution in [1.29, 1.82) is 0 Å². The van der Waals surface area contributed by atoms with E-state index in [-0.39, 0.29) is 35.6 Å². The molecule has 0 spiro atoms. The van der Waals surface area contributed by atoms with Crippen LogP contribution >= 0.6 is 11.6 Å². The van der Waals surface area contributed by atoms with Crippen LogP contribution in [0.15, 0.2) is 52.6 Å². The van der Waals surface area contributed by atoms with Gasteiger partial charge < -0.3 is 5.11 Å². The highest BCUT2D eigenvalue weighted by atomic mass is 35.5. The lowest BCUT2D eigenvalue weighted by molar-refractivity contribution is -0.126. The van der Waals surface area contributed by atoms with E-state index in [0.29, 0.717) is 33.7 Å². The van der Waals surface area contributed by atoms with E-state index in [1.807, 2.05) is 6.08 Å². The fourth-order valence-corrected chi connectivity index (χ4v) is 5.56. The van der Waals surface area contributed by atoms with Gasteiger partial charge in [-0.25, -0.2) is 0 Å². The SMILES string of the molecule is CC1=CC(=O)C2=C(C1=O)[C@@H](c1cc(Cl)ccc1O)C1=CC[C@@H]3C(=O)NC(=O)[C@@H]3[C@@H]1C2. The third kappa shape index (κ3) is 2.56. The largest absolute Gasteiger partial charge is 0.508 e. The Morgan fingerprint density at radius 2 is 1.87 bits per heavy atom. The number of carbonyl (C=O) groups excluding carboxylic acids is 4. The lowest BCUT2D eigenvalue weighted by Gasteiger charge is -2.42. The number of carbonyl (C=O) groups is 4. The maximum atomic E-state index is 13.2. The number of aromatic hydroxyl groups is 1. The summed E-state index contributed by atoms with van der Waals surface area (Å²) in [4.78, 5) is 50.8. The van der Waals surface area contributed by atoms with Gasteiger partial charge in [-0.2, -0.15) is 0 Å². The average Bonchev–Trinajstić information content (AvgIpc) is 3.00. The Bertz CT molecular complexity index is 1160. The third-order valence-electron chi connectivity index (χ3n) is 6.71. The van der Waals surface area contributed by atoms with Crippen LogP contribution in [0.2, 0.25) is 5.02 Å². The lowest BCUT2D eigenvalue weighted by atomic mass is 9.59. The zero-order valence-corrected chi connectivity index (χ0v) is 16.8. The molecule has 1 fully saturated rings. The second-order valence-electron chi connectivity index (χ2n) is 8.29. The summed E-state index contributed by atoms with van der Waals surface area (Å²) < 4.78 is 0. The van der Waals surface area contributed by atoms with Crippen LogP contribution in [-0.2, 0) is 19.2 Å². The van der Waals surface area contributed by atoms with E-state index < -0.39 is 23.7 Å². The molecule has 0 saturated carbocycles. The molecule has 5 rings (SSSR count). The summed E-state index contributed by atoms with van der Waals surface area (Å²) in [6, 6.07) is 4.59. The number of halogens is 1. The molecule has 1 saturated heterocycles. The summed E-state index contributed by atoms with van der Waals surface area (Å²) in [6.45, 7) is 1.60. The molecular formula is C23H18ClNO5. The van der Waals surface area contributed by atoms with E-state index in [4.69, 9.17) is 11.6 Å². The molecular weight excluding hydrogens is 406 g/mol. The van der Waals surface area contributed by atoms with E-state index in [0.717, 1.165) is 5.57 Å². The predicted molar refractivity (Wildman–Crippen MR) is 108 cm³/mol. The minimum absolute atomic E-state index is 0.0423. The van der Waals surface area contributed by atoms with Gasteiger partial charge in [-0.05, 0) is 50.0 Å². The van der Waals surface area contributed by atoms with Gasteiger partial charge in [-0.15, -0.1) is 0 Å². The molecule has 0 unspecified atom stereocenters. The van der Waals surface area contributed by atoms with Gasteiger partial charge in [0.25, 0.3) is 0 Å². The van der Waals surface area contributed by atoms with Crippen molar-refractivity contribution < 1.29 is 24.3 Å². The van der Waals surface area contributed by atoms with Crippen molar-refractivity contribution >= 4 is 35.0 Å². The molecule has 0 aromatic heterocycles. The van der Waals surface area contributed by atoms with Gasteiger partial charge in [0.05, 0.1) is 11.8 Å². The number of amides is 2. The molecule has 2 N–H and O–H groups in total. The molecule has 1 heterocycles. The van der Waals surface area contributed by atoms with Crippen molar-refractivity contribution in [2.75, 3.05) is 0 Å². The Kier molecular flexibility index (Phi) is 4.12. The molecule has 7 heteroatoms. The van der Waals surface area contributed by atoms with Gasteiger partial charge in [0, 0.05) is 33.2 Å². The number of nitrogens with one attached hydrogen (secondary N) is 1. The van der Waals surface area contributed by atoms with Crippen LogP contribution in [0.3, 0.4) is 0 Å².